The summed E-state index contributed by atoms with van der Waals surface area (Å²) in [7, 11) is 0. The average molecular weight is 447 g/mol. The van der Waals surface area contributed by atoms with Crippen molar-refractivity contribution in [2.24, 2.45) is 0 Å². The molecule has 0 unspecified atom stereocenters. The van der Waals surface area contributed by atoms with Crippen molar-refractivity contribution in [3.8, 4) is 5.75 Å². The molecule has 1 saturated heterocycles. The Bertz CT molecular complexity index is 945. The smallest absolute Gasteiger partial charge is 0.293 e. The van der Waals surface area contributed by atoms with Crippen LogP contribution < -0.4 is 5.32 Å². The minimum absolute atomic E-state index is 0.0113. The lowest BCUT2D eigenvalue weighted by molar-refractivity contribution is -0.123. The lowest BCUT2D eigenvalue weighted by Crippen LogP contribution is -2.31. The van der Waals surface area contributed by atoms with E-state index in [1.54, 1.807) is 18.2 Å². The van der Waals surface area contributed by atoms with Crippen LogP contribution in [0.2, 0.25) is 0 Å². The van der Waals surface area contributed by atoms with Crippen LogP contribution >= 0.6 is 27.7 Å². The van der Waals surface area contributed by atoms with Gasteiger partial charge >= 0.3 is 0 Å². The van der Waals surface area contributed by atoms with Crippen molar-refractivity contribution in [3.05, 3.63) is 63.5 Å². The number of hydrogen-bond donors (Lipinski definition) is 2. The first-order chi connectivity index (χ1) is 12.9. The van der Waals surface area contributed by atoms with Gasteiger partial charge in [-0.2, -0.15) is 0 Å². The van der Waals surface area contributed by atoms with E-state index in [0.717, 1.165) is 26.7 Å². The van der Waals surface area contributed by atoms with Gasteiger partial charge in [0, 0.05) is 29.2 Å². The van der Waals surface area contributed by atoms with E-state index in [2.05, 4.69) is 21.2 Å². The number of anilines is 1. The molecule has 1 aliphatic rings. The Morgan fingerprint density at radius 2 is 1.96 bits per heavy atom. The zero-order valence-corrected chi connectivity index (χ0v) is 16.4. The second-order valence-electron chi connectivity index (χ2n) is 5.70. The predicted octanol–water partition coefficient (Wildman–Crippen LogP) is 4.22. The minimum atomic E-state index is -0.411. The maximum atomic E-state index is 12.5. The fraction of sp³-hybridized carbons (Fsp3) is 0.105. The highest BCUT2D eigenvalue weighted by molar-refractivity contribution is 9.10. The first-order valence-corrected chi connectivity index (χ1v) is 9.64. The Morgan fingerprint density at radius 3 is 2.70 bits per heavy atom. The molecule has 27 heavy (non-hydrogen) atoms. The first kappa shape index (κ1) is 19.2. The molecule has 3 amide bonds. The number of hydrogen-bond acceptors (Lipinski definition) is 5. The number of phenols is 1. The zero-order valence-electron chi connectivity index (χ0n) is 14.0. The molecule has 138 valence electrons. The molecule has 0 bridgehead atoms. The van der Waals surface area contributed by atoms with E-state index in [-0.39, 0.29) is 24.6 Å². The number of imide groups is 1. The molecule has 0 saturated carbocycles. The highest BCUT2D eigenvalue weighted by Crippen LogP contribution is 2.33. The topological polar surface area (TPSA) is 86.7 Å². The summed E-state index contributed by atoms with van der Waals surface area (Å²) in [5.74, 6) is -0.726. The van der Waals surface area contributed by atoms with Gasteiger partial charge in [-0.3, -0.25) is 19.3 Å². The number of carbonyl (C=O) groups is 3. The number of carbonyl (C=O) groups excluding carboxylic acids is 3. The Labute approximate surface area is 168 Å². The standard InChI is InChI=1S/C19H15BrN2O4S/c20-15-7-2-1-4-12(15)10-16-18(25)22(19(26)27-16)9-8-17(24)21-13-5-3-6-14(23)11-13/h1-7,10-11,23H,8-9H2,(H,21,24)/b16-10-. The molecule has 6 nitrogen and oxygen atoms in total. The third-order valence-corrected chi connectivity index (χ3v) is 5.39. The summed E-state index contributed by atoms with van der Waals surface area (Å²) in [4.78, 5) is 38.0. The number of rotatable bonds is 5. The van der Waals surface area contributed by atoms with Crippen molar-refractivity contribution < 1.29 is 19.5 Å². The van der Waals surface area contributed by atoms with Crippen molar-refractivity contribution in [2.75, 3.05) is 11.9 Å². The molecule has 0 radical (unpaired) electrons. The molecule has 0 aromatic heterocycles. The van der Waals surface area contributed by atoms with Gasteiger partial charge in [0.2, 0.25) is 5.91 Å². The maximum absolute atomic E-state index is 12.5. The Morgan fingerprint density at radius 1 is 1.19 bits per heavy atom. The molecule has 2 aromatic rings. The van der Waals surface area contributed by atoms with Gasteiger partial charge in [0.25, 0.3) is 11.1 Å². The van der Waals surface area contributed by atoms with Gasteiger partial charge in [0.1, 0.15) is 5.75 Å². The molecule has 0 spiro atoms. The second-order valence-corrected chi connectivity index (χ2v) is 7.55. The molecule has 0 atom stereocenters. The molecular formula is C19H15BrN2O4S. The van der Waals surface area contributed by atoms with E-state index in [9.17, 15) is 19.5 Å². The van der Waals surface area contributed by atoms with Gasteiger partial charge in [-0.15, -0.1) is 0 Å². The van der Waals surface area contributed by atoms with E-state index in [1.807, 2.05) is 24.3 Å². The third kappa shape index (κ3) is 4.78. The summed E-state index contributed by atoms with van der Waals surface area (Å²) < 4.78 is 0.822. The fourth-order valence-corrected chi connectivity index (χ4v) is 3.70. The molecular weight excluding hydrogens is 432 g/mol. The monoisotopic (exact) mass is 446 g/mol. The summed E-state index contributed by atoms with van der Waals surface area (Å²) >= 11 is 4.26. The van der Waals surface area contributed by atoms with E-state index >= 15 is 0 Å². The summed E-state index contributed by atoms with van der Waals surface area (Å²) in [6.45, 7) is -0.0113. The molecule has 2 N–H and O–H groups in total. The average Bonchev–Trinajstić information content (AvgIpc) is 2.88. The number of halogens is 1. The van der Waals surface area contributed by atoms with Crippen molar-refractivity contribution in [2.45, 2.75) is 6.42 Å². The maximum Gasteiger partial charge on any atom is 0.293 e. The largest absolute Gasteiger partial charge is 0.508 e. The van der Waals surface area contributed by atoms with Crippen LogP contribution in [0.1, 0.15) is 12.0 Å². The van der Waals surface area contributed by atoms with E-state index < -0.39 is 11.1 Å². The van der Waals surface area contributed by atoms with E-state index in [0.29, 0.717) is 10.6 Å². The first-order valence-electron chi connectivity index (χ1n) is 8.03. The Kier molecular flexibility index (Phi) is 5.98. The van der Waals surface area contributed by atoms with Crippen LogP contribution in [-0.4, -0.2) is 33.6 Å². The molecule has 8 heteroatoms. The van der Waals surface area contributed by atoms with Crippen LogP contribution in [0.5, 0.6) is 5.75 Å². The Hall–Kier alpha value is -2.58. The molecule has 3 rings (SSSR count). The van der Waals surface area contributed by atoms with Gasteiger partial charge in [-0.25, -0.2) is 0 Å². The number of amides is 3. The predicted molar refractivity (Wildman–Crippen MR) is 108 cm³/mol. The van der Waals surface area contributed by atoms with Gasteiger partial charge in [0.05, 0.1) is 4.91 Å². The summed E-state index contributed by atoms with van der Waals surface area (Å²) in [6, 6.07) is 13.5. The number of nitrogens with zero attached hydrogens (tertiary/aromatic N) is 1. The summed E-state index contributed by atoms with van der Waals surface area (Å²) in [5.41, 5.74) is 1.24. The number of phenolic OH excluding ortho intramolecular Hbond substituents is 1. The lowest BCUT2D eigenvalue weighted by Gasteiger charge is -2.12. The van der Waals surface area contributed by atoms with E-state index in [4.69, 9.17) is 0 Å². The molecule has 1 aliphatic heterocycles. The molecule has 1 fully saturated rings. The van der Waals surface area contributed by atoms with Crippen molar-refractivity contribution in [3.63, 3.8) is 0 Å². The highest BCUT2D eigenvalue weighted by atomic mass is 79.9. The molecule has 0 aliphatic carbocycles. The molecule has 1 heterocycles. The van der Waals surface area contributed by atoms with Gasteiger partial charge < -0.3 is 10.4 Å². The number of aromatic hydroxyl groups is 1. The van der Waals surface area contributed by atoms with Crippen molar-refractivity contribution in [1.82, 2.24) is 4.90 Å². The van der Waals surface area contributed by atoms with Gasteiger partial charge in [0.15, 0.2) is 0 Å². The van der Waals surface area contributed by atoms with E-state index in [1.165, 1.54) is 12.1 Å². The summed E-state index contributed by atoms with van der Waals surface area (Å²) in [5, 5.41) is 11.6. The van der Waals surface area contributed by atoms with Crippen LogP contribution in [0, 0.1) is 0 Å². The normalized spacial score (nSPS) is 15.4. The van der Waals surface area contributed by atoms with Crippen molar-refractivity contribution >= 4 is 56.5 Å². The quantitative estimate of drug-likeness (QED) is 0.671. The lowest BCUT2D eigenvalue weighted by atomic mass is 10.2. The Balaban J connectivity index is 1.62. The summed E-state index contributed by atoms with van der Waals surface area (Å²) in [6.07, 6.45) is 1.62. The van der Waals surface area contributed by atoms with Crippen LogP contribution in [0.25, 0.3) is 6.08 Å². The van der Waals surface area contributed by atoms with Crippen LogP contribution in [0.15, 0.2) is 57.9 Å². The fourth-order valence-electron chi connectivity index (χ4n) is 2.45. The zero-order chi connectivity index (χ0) is 19.4. The van der Waals surface area contributed by atoms with Gasteiger partial charge in [-0.05, 0) is 41.6 Å². The second kappa shape index (κ2) is 8.41. The van der Waals surface area contributed by atoms with Crippen LogP contribution in [0.3, 0.4) is 0 Å². The minimum Gasteiger partial charge on any atom is -0.508 e. The van der Waals surface area contributed by atoms with Crippen molar-refractivity contribution in [1.29, 1.82) is 0 Å². The van der Waals surface area contributed by atoms with Crippen LogP contribution in [0.4, 0.5) is 10.5 Å². The SMILES string of the molecule is O=C(CCN1C(=O)S/C(=C\c2ccccc2Br)C1=O)Nc1cccc(O)c1. The molecule has 2 aromatic carbocycles. The van der Waals surface area contributed by atoms with Gasteiger partial charge in [-0.1, -0.05) is 40.2 Å². The highest BCUT2D eigenvalue weighted by Gasteiger charge is 2.35. The number of nitrogens with one attached hydrogen (secondary N) is 1. The third-order valence-electron chi connectivity index (χ3n) is 3.76. The van der Waals surface area contributed by atoms with Crippen LogP contribution in [-0.2, 0) is 9.59 Å². The number of thioether (sulfide) groups is 1. The number of benzene rings is 2.